The Bertz CT molecular complexity index is 800. The van der Waals surface area contributed by atoms with Crippen molar-refractivity contribution in [1.82, 2.24) is 15.5 Å². The van der Waals surface area contributed by atoms with E-state index in [1.807, 2.05) is 0 Å². The van der Waals surface area contributed by atoms with Crippen molar-refractivity contribution in [3.05, 3.63) is 108 Å². The van der Waals surface area contributed by atoms with Crippen LogP contribution in [0.15, 0.2) is 91.0 Å². The standard InChI is InChI=1S/C31H43N3/c1-4-13-29(14-5-1)19-10-22-32-24-27-34(26-12-21-31-17-8-3-9-18-31)28-25-33-23-11-20-30-15-6-2-7-16-30/h1-9,13-18,32-33H,10-12,19-28H2. The largest absolute Gasteiger partial charge is 0.315 e. The summed E-state index contributed by atoms with van der Waals surface area (Å²) in [7, 11) is 0. The van der Waals surface area contributed by atoms with E-state index >= 15 is 0 Å². The van der Waals surface area contributed by atoms with Gasteiger partial charge in [0.15, 0.2) is 0 Å². The lowest BCUT2D eigenvalue weighted by atomic mass is 10.1. The van der Waals surface area contributed by atoms with Crippen molar-refractivity contribution in [1.29, 1.82) is 0 Å². The summed E-state index contributed by atoms with van der Waals surface area (Å²) in [6, 6.07) is 32.5. The van der Waals surface area contributed by atoms with Crippen LogP contribution in [0.4, 0.5) is 0 Å². The van der Waals surface area contributed by atoms with E-state index in [4.69, 9.17) is 0 Å². The van der Waals surface area contributed by atoms with Crippen molar-refractivity contribution >= 4 is 0 Å². The Morgan fingerprint density at radius 2 is 0.794 bits per heavy atom. The molecule has 0 heterocycles. The van der Waals surface area contributed by atoms with Crippen molar-refractivity contribution < 1.29 is 0 Å². The van der Waals surface area contributed by atoms with Gasteiger partial charge in [0.1, 0.15) is 0 Å². The molecule has 0 spiro atoms. The van der Waals surface area contributed by atoms with E-state index in [-0.39, 0.29) is 0 Å². The first-order valence-electron chi connectivity index (χ1n) is 13.2. The maximum atomic E-state index is 3.66. The molecule has 0 bridgehead atoms. The van der Waals surface area contributed by atoms with E-state index in [1.165, 1.54) is 36.0 Å². The number of nitrogens with zero attached hydrogens (tertiary/aromatic N) is 1. The molecule has 3 aromatic carbocycles. The van der Waals surface area contributed by atoms with Gasteiger partial charge in [-0.1, -0.05) is 91.0 Å². The maximum Gasteiger partial charge on any atom is 0.0107 e. The second kappa shape index (κ2) is 17.0. The molecule has 0 atom stereocenters. The number of hydrogen-bond donors (Lipinski definition) is 2. The molecule has 0 aliphatic rings. The molecule has 0 radical (unpaired) electrons. The molecule has 0 saturated heterocycles. The third-order valence-corrected chi connectivity index (χ3v) is 6.32. The summed E-state index contributed by atoms with van der Waals surface area (Å²) in [5.41, 5.74) is 4.32. The zero-order valence-corrected chi connectivity index (χ0v) is 20.8. The Hall–Kier alpha value is -2.46. The summed E-state index contributed by atoms with van der Waals surface area (Å²) in [6.07, 6.45) is 7.07. The highest BCUT2D eigenvalue weighted by molar-refractivity contribution is 5.16. The Balaban J connectivity index is 1.29. The normalized spacial score (nSPS) is 11.2. The highest BCUT2D eigenvalue weighted by atomic mass is 15.1. The highest BCUT2D eigenvalue weighted by Gasteiger charge is 2.05. The number of nitrogens with one attached hydrogen (secondary N) is 2. The van der Waals surface area contributed by atoms with Gasteiger partial charge in [-0.3, -0.25) is 0 Å². The van der Waals surface area contributed by atoms with Gasteiger partial charge in [0.05, 0.1) is 0 Å². The summed E-state index contributed by atoms with van der Waals surface area (Å²) in [4.78, 5) is 2.62. The molecule has 0 aliphatic heterocycles. The molecule has 0 saturated carbocycles. The van der Waals surface area contributed by atoms with E-state index in [1.54, 1.807) is 0 Å². The SMILES string of the molecule is c1ccc(CCCNCCN(CCCc2ccccc2)CCNCCCc2ccccc2)cc1. The summed E-state index contributed by atoms with van der Waals surface area (Å²) < 4.78 is 0. The molecular weight excluding hydrogens is 414 g/mol. The quantitative estimate of drug-likeness (QED) is 0.252. The smallest absolute Gasteiger partial charge is 0.0107 e. The van der Waals surface area contributed by atoms with E-state index < -0.39 is 0 Å². The van der Waals surface area contributed by atoms with E-state index in [2.05, 4.69) is 107 Å². The van der Waals surface area contributed by atoms with Crippen LogP contribution >= 0.6 is 0 Å². The van der Waals surface area contributed by atoms with Crippen molar-refractivity contribution in [3.63, 3.8) is 0 Å². The first-order chi connectivity index (χ1) is 16.9. The lowest BCUT2D eigenvalue weighted by molar-refractivity contribution is 0.269. The first kappa shape index (κ1) is 26.2. The summed E-state index contributed by atoms with van der Waals surface area (Å²) in [6.45, 7) is 7.70. The first-order valence-corrected chi connectivity index (χ1v) is 13.2. The van der Waals surface area contributed by atoms with Crippen LogP contribution in [0.1, 0.15) is 36.0 Å². The van der Waals surface area contributed by atoms with Crippen LogP contribution < -0.4 is 10.6 Å². The van der Waals surface area contributed by atoms with Crippen LogP contribution in [0.25, 0.3) is 0 Å². The van der Waals surface area contributed by atoms with Gasteiger partial charge >= 0.3 is 0 Å². The molecule has 3 heteroatoms. The minimum absolute atomic E-state index is 1.06. The molecule has 0 unspecified atom stereocenters. The fraction of sp³-hybridized carbons (Fsp3) is 0.419. The molecule has 0 aliphatic carbocycles. The summed E-state index contributed by atoms with van der Waals surface area (Å²) in [5.74, 6) is 0. The summed E-state index contributed by atoms with van der Waals surface area (Å²) in [5, 5.41) is 7.32. The van der Waals surface area contributed by atoms with Gasteiger partial charge in [-0.15, -0.1) is 0 Å². The fourth-order valence-corrected chi connectivity index (χ4v) is 4.34. The van der Waals surface area contributed by atoms with E-state index in [9.17, 15) is 0 Å². The second-order valence-corrected chi connectivity index (χ2v) is 9.11. The monoisotopic (exact) mass is 457 g/mol. The lowest BCUT2D eigenvalue weighted by Gasteiger charge is -2.23. The van der Waals surface area contributed by atoms with Crippen molar-refractivity contribution in [2.24, 2.45) is 0 Å². The number of hydrogen-bond acceptors (Lipinski definition) is 3. The molecule has 0 fully saturated rings. The second-order valence-electron chi connectivity index (χ2n) is 9.11. The van der Waals surface area contributed by atoms with Crippen LogP contribution in [0.5, 0.6) is 0 Å². The predicted octanol–water partition coefficient (Wildman–Crippen LogP) is 5.37. The van der Waals surface area contributed by atoms with Crippen LogP contribution in [-0.4, -0.2) is 50.7 Å². The Morgan fingerprint density at radius 1 is 0.412 bits per heavy atom. The average molecular weight is 458 g/mol. The highest BCUT2D eigenvalue weighted by Crippen LogP contribution is 2.05. The van der Waals surface area contributed by atoms with Gasteiger partial charge in [0, 0.05) is 26.2 Å². The van der Waals surface area contributed by atoms with Crippen LogP contribution in [0, 0.1) is 0 Å². The minimum atomic E-state index is 1.06. The molecular formula is C31H43N3. The van der Waals surface area contributed by atoms with Crippen LogP contribution in [-0.2, 0) is 19.3 Å². The van der Waals surface area contributed by atoms with E-state index in [0.717, 1.165) is 65.1 Å². The van der Waals surface area contributed by atoms with Gasteiger partial charge in [0.25, 0.3) is 0 Å². The molecule has 34 heavy (non-hydrogen) atoms. The van der Waals surface area contributed by atoms with Gasteiger partial charge < -0.3 is 15.5 Å². The van der Waals surface area contributed by atoms with Crippen molar-refractivity contribution in [2.75, 3.05) is 45.8 Å². The van der Waals surface area contributed by atoms with Crippen molar-refractivity contribution in [2.45, 2.75) is 38.5 Å². The van der Waals surface area contributed by atoms with Crippen LogP contribution in [0.2, 0.25) is 0 Å². The molecule has 182 valence electrons. The average Bonchev–Trinajstić information content (AvgIpc) is 2.89. The summed E-state index contributed by atoms with van der Waals surface area (Å²) >= 11 is 0. The maximum absolute atomic E-state index is 3.66. The van der Waals surface area contributed by atoms with Crippen molar-refractivity contribution in [3.8, 4) is 0 Å². The van der Waals surface area contributed by atoms with Gasteiger partial charge in [-0.05, 0) is 74.8 Å². The predicted molar refractivity (Wildman–Crippen MR) is 146 cm³/mol. The number of rotatable bonds is 18. The topological polar surface area (TPSA) is 27.3 Å². The van der Waals surface area contributed by atoms with Gasteiger partial charge in [0.2, 0.25) is 0 Å². The van der Waals surface area contributed by atoms with Gasteiger partial charge in [-0.2, -0.15) is 0 Å². The van der Waals surface area contributed by atoms with Gasteiger partial charge in [-0.25, -0.2) is 0 Å². The lowest BCUT2D eigenvalue weighted by Crippen LogP contribution is -2.38. The third kappa shape index (κ3) is 11.6. The molecule has 3 nitrogen and oxygen atoms in total. The number of benzene rings is 3. The zero-order valence-electron chi connectivity index (χ0n) is 20.8. The molecule has 0 aromatic heterocycles. The Kier molecular flexibility index (Phi) is 13.1. The molecule has 2 N–H and O–H groups in total. The zero-order chi connectivity index (χ0) is 23.5. The third-order valence-electron chi connectivity index (χ3n) is 6.32. The van der Waals surface area contributed by atoms with Crippen LogP contribution in [0.3, 0.4) is 0 Å². The fourth-order valence-electron chi connectivity index (χ4n) is 4.34. The Morgan fingerprint density at radius 3 is 1.21 bits per heavy atom. The van der Waals surface area contributed by atoms with E-state index in [0.29, 0.717) is 0 Å². The molecule has 0 amide bonds. The molecule has 3 rings (SSSR count). The minimum Gasteiger partial charge on any atom is -0.315 e. The Labute approximate surface area is 207 Å². The number of aryl methyl sites for hydroxylation is 3. The molecule has 3 aromatic rings.